The van der Waals surface area contributed by atoms with Crippen LogP contribution in [-0.2, 0) is 0 Å². The van der Waals surface area contributed by atoms with Crippen molar-refractivity contribution in [2.45, 2.75) is 0 Å². The van der Waals surface area contributed by atoms with Gasteiger partial charge in [0.15, 0.2) is 22.2 Å². The van der Waals surface area contributed by atoms with Crippen LogP contribution in [0.3, 0.4) is 0 Å². The van der Waals surface area contributed by atoms with E-state index in [-0.39, 0.29) is 5.11 Å². The number of fused-ring (bicyclic) bond motifs is 1. The first-order valence-corrected chi connectivity index (χ1v) is 10.2. The van der Waals surface area contributed by atoms with Crippen LogP contribution in [0.4, 0.5) is 5.69 Å². The number of benzene rings is 2. The maximum absolute atomic E-state index is 12.7. The molecule has 168 valence electrons. The van der Waals surface area contributed by atoms with Crippen LogP contribution >= 0.6 is 12.2 Å². The summed E-state index contributed by atoms with van der Waals surface area (Å²) in [7, 11) is 4.45. The number of methoxy groups -OCH3 is 3. The van der Waals surface area contributed by atoms with E-state index < -0.39 is 5.91 Å². The number of carbonyl (C=O) groups excluding carboxylic acids is 1. The van der Waals surface area contributed by atoms with Crippen LogP contribution in [-0.4, -0.2) is 42.3 Å². The molecule has 2 aromatic heterocycles. The Morgan fingerprint density at radius 1 is 0.970 bits per heavy atom. The second kappa shape index (κ2) is 9.53. The zero-order valence-corrected chi connectivity index (χ0v) is 18.9. The van der Waals surface area contributed by atoms with E-state index in [4.69, 9.17) is 30.8 Å². The van der Waals surface area contributed by atoms with E-state index in [9.17, 15) is 4.79 Å². The van der Waals surface area contributed by atoms with E-state index in [0.717, 1.165) is 5.56 Å². The van der Waals surface area contributed by atoms with Crippen LogP contribution in [0.15, 0.2) is 59.3 Å². The number of nitrogens with zero attached hydrogens (tertiary/aromatic N) is 2. The molecule has 4 rings (SSSR count). The number of rotatable bonds is 6. The fraction of sp³-hybridized carbons (Fsp3) is 0.130. The number of hydrogen-bond acceptors (Lipinski definition) is 8. The Hall–Kier alpha value is -4.18. The monoisotopic (exact) mass is 464 g/mol. The summed E-state index contributed by atoms with van der Waals surface area (Å²) < 4.78 is 21.7. The van der Waals surface area contributed by atoms with Crippen LogP contribution in [0, 0.1) is 0 Å². The first kappa shape index (κ1) is 22.0. The minimum atomic E-state index is -0.436. The third-order valence-corrected chi connectivity index (χ3v) is 4.93. The SMILES string of the molecule is COc1cc(C(=O)NC(=S)Nc2ccc3oc(-c4ccncc4)nc3c2)cc(OC)c1OC. The highest BCUT2D eigenvalue weighted by Gasteiger charge is 2.18. The molecule has 0 aliphatic heterocycles. The summed E-state index contributed by atoms with van der Waals surface area (Å²) in [6.07, 6.45) is 3.35. The van der Waals surface area contributed by atoms with Gasteiger partial charge in [0.05, 0.1) is 21.3 Å². The Labute approximate surface area is 194 Å². The highest BCUT2D eigenvalue weighted by Crippen LogP contribution is 2.38. The Balaban J connectivity index is 1.49. The summed E-state index contributed by atoms with van der Waals surface area (Å²) in [6, 6.07) is 12.1. The number of pyridine rings is 1. The molecule has 0 aliphatic carbocycles. The zero-order valence-electron chi connectivity index (χ0n) is 18.0. The van der Waals surface area contributed by atoms with E-state index in [0.29, 0.717) is 45.5 Å². The molecule has 0 bridgehead atoms. The number of carbonyl (C=O) groups is 1. The summed E-state index contributed by atoms with van der Waals surface area (Å²) in [5, 5.41) is 5.74. The summed E-state index contributed by atoms with van der Waals surface area (Å²) in [5.74, 6) is 1.17. The molecule has 0 unspecified atom stereocenters. The van der Waals surface area contributed by atoms with Crippen molar-refractivity contribution in [3.8, 4) is 28.7 Å². The molecule has 10 heteroatoms. The number of hydrogen-bond donors (Lipinski definition) is 2. The van der Waals surface area contributed by atoms with Gasteiger partial charge < -0.3 is 23.9 Å². The fourth-order valence-electron chi connectivity index (χ4n) is 3.17. The van der Waals surface area contributed by atoms with Crippen LogP contribution in [0.5, 0.6) is 17.2 Å². The summed E-state index contributed by atoms with van der Waals surface area (Å²) in [5.41, 5.74) is 3.03. The number of ether oxygens (including phenoxy) is 3. The topological polar surface area (TPSA) is 108 Å². The van der Waals surface area contributed by atoms with Gasteiger partial charge in [0.2, 0.25) is 11.6 Å². The Morgan fingerprint density at radius 3 is 2.30 bits per heavy atom. The van der Waals surface area contributed by atoms with E-state index in [1.54, 1.807) is 42.7 Å². The molecule has 1 amide bonds. The van der Waals surface area contributed by atoms with Crippen molar-refractivity contribution in [1.29, 1.82) is 0 Å². The smallest absolute Gasteiger partial charge is 0.257 e. The minimum absolute atomic E-state index is 0.117. The summed E-state index contributed by atoms with van der Waals surface area (Å²) >= 11 is 5.31. The van der Waals surface area contributed by atoms with E-state index in [2.05, 4.69) is 20.6 Å². The lowest BCUT2D eigenvalue weighted by atomic mass is 10.1. The molecule has 4 aromatic rings. The van der Waals surface area contributed by atoms with E-state index in [1.165, 1.54) is 21.3 Å². The Morgan fingerprint density at radius 2 is 1.67 bits per heavy atom. The predicted octanol–water partition coefficient (Wildman–Crippen LogP) is 4.04. The lowest BCUT2D eigenvalue weighted by molar-refractivity contribution is 0.0977. The normalized spacial score (nSPS) is 10.5. The number of amides is 1. The van der Waals surface area contributed by atoms with Gasteiger partial charge in [-0.25, -0.2) is 4.98 Å². The van der Waals surface area contributed by atoms with Crippen LogP contribution in [0.2, 0.25) is 0 Å². The molecule has 0 atom stereocenters. The lowest BCUT2D eigenvalue weighted by Gasteiger charge is -2.14. The predicted molar refractivity (Wildman–Crippen MR) is 127 cm³/mol. The molecule has 0 aliphatic rings. The lowest BCUT2D eigenvalue weighted by Crippen LogP contribution is -2.34. The van der Waals surface area contributed by atoms with Crippen LogP contribution in [0.1, 0.15) is 10.4 Å². The van der Waals surface area contributed by atoms with Crippen molar-refractivity contribution in [3.05, 3.63) is 60.4 Å². The number of oxazole rings is 1. The van der Waals surface area contributed by atoms with Gasteiger partial charge in [0, 0.05) is 29.2 Å². The quantitative estimate of drug-likeness (QED) is 0.409. The van der Waals surface area contributed by atoms with E-state index in [1.807, 2.05) is 12.1 Å². The largest absolute Gasteiger partial charge is 0.493 e. The average molecular weight is 465 g/mol. The number of nitrogens with one attached hydrogen (secondary N) is 2. The van der Waals surface area contributed by atoms with Gasteiger partial charge in [-0.15, -0.1) is 0 Å². The number of anilines is 1. The molecule has 0 spiro atoms. The molecule has 0 saturated heterocycles. The molecular formula is C23H20N4O5S. The van der Waals surface area contributed by atoms with Gasteiger partial charge in [-0.1, -0.05) is 0 Å². The van der Waals surface area contributed by atoms with E-state index >= 15 is 0 Å². The maximum atomic E-state index is 12.7. The Kier molecular flexibility index (Phi) is 6.36. The first-order chi connectivity index (χ1) is 16.0. The second-order valence-corrected chi connectivity index (χ2v) is 7.17. The van der Waals surface area contributed by atoms with Crippen molar-refractivity contribution in [1.82, 2.24) is 15.3 Å². The molecule has 2 heterocycles. The second-order valence-electron chi connectivity index (χ2n) is 6.76. The van der Waals surface area contributed by atoms with Crippen molar-refractivity contribution in [2.24, 2.45) is 0 Å². The maximum Gasteiger partial charge on any atom is 0.257 e. The molecule has 2 N–H and O–H groups in total. The van der Waals surface area contributed by atoms with Crippen molar-refractivity contribution < 1.29 is 23.4 Å². The molecule has 2 aromatic carbocycles. The number of aromatic nitrogens is 2. The highest BCUT2D eigenvalue weighted by molar-refractivity contribution is 7.80. The summed E-state index contributed by atoms with van der Waals surface area (Å²) in [6.45, 7) is 0. The van der Waals surface area contributed by atoms with Crippen molar-refractivity contribution >= 4 is 40.0 Å². The van der Waals surface area contributed by atoms with Crippen LogP contribution in [0.25, 0.3) is 22.6 Å². The van der Waals surface area contributed by atoms with Gasteiger partial charge >= 0.3 is 0 Å². The summed E-state index contributed by atoms with van der Waals surface area (Å²) in [4.78, 5) is 21.2. The number of thiocarbonyl (C=S) groups is 1. The third kappa shape index (κ3) is 4.70. The minimum Gasteiger partial charge on any atom is -0.493 e. The van der Waals surface area contributed by atoms with Crippen molar-refractivity contribution in [3.63, 3.8) is 0 Å². The first-order valence-electron chi connectivity index (χ1n) is 9.75. The van der Waals surface area contributed by atoms with Gasteiger partial charge in [-0.05, 0) is 54.7 Å². The molecule has 33 heavy (non-hydrogen) atoms. The van der Waals surface area contributed by atoms with Gasteiger partial charge in [0.25, 0.3) is 5.91 Å². The Bertz CT molecular complexity index is 1300. The standard InChI is InChI=1S/C23H20N4O5S/c1-29-18-10-14(11-19(30-2)20(18)31-3)21(28)27-23(33)25-15-4-5-17-16(12-15)26-22(32-17)13-6-8-24-9-7-13/h4-12H,1-3H3,(H2,25,27,28,33). The molecule has 0 saturated carbocycles. The molecule has 0 radical (unpaired) electrons. The molecular weight excluding hydrogens is 444 g/mol. The molecule has 0 fully saturated rings. The highest BCUT2D eigenvalue weighted by atomic mass is 32.1. The van der Waals surface area contributed by atoms with Gasteiger partial charge in [-0.3, -0.25) is 15.1 Å². The van der Waals surface area contributed by atoms with Crippen LogP contribution < -0.4 is 24.8 Å². The fourth-order valence-corrected chi connectivity index (χ4v) is 3.38. The van der Waals surface area contributed by atoms with Gasteiger partial charge in [-0.2, -0.15) is 0 Å². The average Bonchev–Trinajstić information content (AvgIpc) is 3.27. The molecule has 9 nitrogen and oxygen atoms in total. The van der Waals surface area contributed by atoms with Gasteiger partial charge in [0.1, 0.15) is 5.52 Å². The third-order valence-electron chi connectivity index (χ3n) is 4.73. The zero-order chi connectivity index (χ0) is 23.4. The van der Waals surface area contributed by atoms with Crippen molar-refractivity contribution in [2.75, 3.05) is 26.6 Å².